The van der Waals surface area contributed by atoms with E-state index in [9.17, 15) is 4.79 Å². The summed E-state index contributed by atoms with van der Waals surface area (Å²) in [7, 11) is 0. The molecule has 0 fully saturated rings. The quantitative estimate of drug-likeness (QED) is 0.372. The molecule has 4 aromatic rings. The first-order valence-corrected chi connectivity index (χ1v) is 10.2. The summed E-state index contributed by atoms with van der Waals surface area (Å²) in [6, 6.07) is 32.8. The third-order valence-corrected chi connectivity index (χ3v) is 5.87. The van der Waals surface area contributed by atoms with Crippen LogP contribution in [0.3, 0.4) is 0 Å². The maximum absolute atomic E-state index is 13.1. The number of hydrogen-bond donors (Lipinski definition) is 0. The third-order valence-electron chi connectivity index (χ3n) is 5.87. The van der Waals surface area contributed by atoms with Gasteiger partial charge in [0.2, 0.25) is 0 Å². The zero-order valence-electron chi connectivity index (χ0n) is 16.8. The van der Waals surface area contributed by atoms with E-state index >= 15 is 0 Å². The fraction of sp³-hybridized carbons (Fsp3) is 0.107. The van der Waals surface area contributed by atoms with E-state index in [4.69, 9.17) is 4.74 Å². The van der Waals surface area contributed by atoms with Gasteiger partial charge < -0.3 is 4.74 Å². The van der Waals surface area contributed by atoms with Crippen molar-refractivity contribution in [3.63, 3.8) is 0 Å². The molecule has 2 heteroatoms. The number of rotatable bonds is 4. The molecule has 4 aromatic carbocycles. The average Bonchev–Trinajstić information content (AvgIpc) is 3.16. The highest BCUT2D eigenvalue weighted by Crippen LogP contribution is 2.41. The van der Waals surface area contributed by atoms with Crippen molar-refractivity contribution in [1.29, 1.82) is 0 Å². The summed E-state index contributed by atoms with van der Waals surface area (Å²) in [5.41, 5.74) is 4.32. The monoisotopic (exact) mass is 390 g/mol. The van der Waals surface area contributed by atoms with Gasteiger partial charge in [-0.25, -0.2) is 0 Å². The van der Waals surface area contributed by atoms with Crippen LogP contribution in [0.1, 0.15) is 28.2 Å². The molecule has 0 saturated heterocycles. The molecule has 1 aliphatic rings. The largest absolute Gasteiger partial charge is 0.426 e. The lowest BCUT2D eigenvalue weighted by atomic mass is 9.80. The molecule has 0 saturated carbocycles. The summed E-state index contributed by atoms with van der Waals surface area (Å²) in [4.78, 5) is 13.1. The molecule has 0 amide bonds. The van der Waals surface area contributed by atoms with E-state index in [0.29, 0.717) is 5.76 Å². The number of carbonyl (C=O) groups is 1. The standard InChI is InChI=1S/C28H22O2/c1-19-16-17-20-10-8-9-15-23(20)26(19)25-18-24(28(29)30-25)27(21-11-4-2-5-12-21)22-13-6-3-7-14-22/h2-18,24,27H,1H3. The fourth-order valence-corrected chi connectivity index (χ4v) is 4.44. The minimum absolute atomic E-state index is 0.0901. The van der Waals surface area contributed by atoms with Gasteiger partial charge >= 0.3 is 5.97 Å². The lowest BCUT2D eigenvalue weighted by Crippen LogP contribution is -2.19. The number of hydrogen-bond acceptors (Lipinski definition) is 2. The summed E-state index contributed by atoms with van der Waals surface area (Å²) in [6.45, 7) is 2.07. The number of esters is 1. The number of benzene rings is 4. The summed E-state index contributed by atoms with van der Waals surface area (Å²) in [5, 5.41) is 2.24. The Kier molecular flexibility index (Phi) is 4.68. The van der Waals surface area contributed by atoms with Gasteiger partial charge in [0.05, 0.1) is 5.92 Å². The maximum atomic E-state index is 13.1. The van der Waals surface area contributed by atoms with Crippen LogP contribution in [0.2, 0.25) is 0 Å². The van der Waals surface area contributed by atoms with Crippen LogP contribution in [-0.4, -0.2) is 5.97 Å². The molecule has 0 spiro atoms. The molecule has 1 unspecified atom stereocenters. The molecular formula is C28H22O2. The molecule has 0 radical (unpaired) electrons. The molecule has 0 aliphatic carbocycles. The predicted molar refractivity (Wildman–Crippen MR) is 121 cm³/mol. The van der Waals surface area contributed by atoms with Crippen LogP contribution in [0.5, 0.6) is 0 Å². The minimum atomic E-state index is -0.372. The second kappa shape index (κ2) is 7.64. The maximum Gasteiger partial charge on any atom is 0.319 e. The van der Waals surface area contributed by atoms with Crippen LogP contribution in [0.25, 0.3) is 16.5 Å². The molecule has 0 bridgehead atoms. The molecule has 1 atom stereocenters. The van der Waals surface area contributed by atoms with E-state index in [0.717, 1.165) is 33.0 Å². The Labute approximate surface area is 176 Å². The summed E-state index contributed by atoms with van der Waals surface area (Å²) in [5.74, 6) is 0.00190. The highest BCUT2D eigenvalue weighted by atomic mass is 16.5. The molecule has 2 nitrogen and oxygen atoms in total. The van der Waals surface area contributed by atoms with Crippen LogP contribution < -0.4 is 0 Å². The number of aryl methyl sites for hydroxylation is 1. The molecule has 5 rings (SSSR count). The Morgan fingerprint density at radius 1 is 0.733 bits per heavy atom. The topological polar surface area (TPSA) is 26.3 Å². The van der Waals surface area contributed by atoms with Crippen molar-refractivity contribution in [2.45, 2.75) is 12.8 Å². The highest BCUT2D eigenvalue weighted by Gasteiger charge is 2.37. The van der Waals surface area contributed by atoms with E-state index in [-0.39, 0.29) is 17.8 Å². The Morgan fingerprint density at radius 3 is 2.00 bits per heavy atom. The van der Waals surface area contributed by atoms with Crippen LogP contribution in [-0.2, 0) is 9.53 Å². The lowest BCUT2D eigenvalue weighted by Gasteiger charge is -2.21. The predicted octanol–water partition coefficient (Wildman–Crippen LogP) is 6.49. The number of cyclic esters (lactones) is 1. The summed E-state index contributed by atoms with van der Waals surface area (Å²) < 4.78 is 5.90. The van der Waals surface area contributed by atoms with E-state index in [2.05, 4.69) is 55.5 Å². The fourth-order valence-electron chi connectivity index (χ4n) is 4.44. The Morgan fingerprint density at radius 2 is 1.33 bits per heavy atom. The number of ether oxygens (including phenoxy) is 1. The minimum Gasteiger partial charge on any atom is -0.426 e. The van der Waals surface area contributed by atoms with Gasteiger partial charge in [-0.1, -0.05) is 97.1 Å². The average molecular weight is 390 g/mol. The van der Waals surface area contributed by atoms with Crippen molar-refractivity contribution in [3.05, 3.63) is 125 Å². The number of fused-ring (bicyclic) bond motifs is 1. The molecule has 1 heterocycles. The molecule has 1 aliphatic heterocycles. The second-order valence-corrected chi connectivity index (χ2v) is 7.76. The van der Waals surface area contributed by atoms with E-state index in [1.165, 1.54) is 0 Å². The zero-order valence-corrected chi connectivity index (χ0v) is 16.8. The SMILES string of the molecule is Cc1ccc2ccccc2c1C1=CC(C(c2ccccc2)c2ccccc2)C(=O)O1. The summed E-state index contributed by atoms with van der Waals surface area (Å²) in [6.07, 6.45) is 2.02. The number of carbonyl (C=O) groups excluding carboxylic acids is 1. The van der Waals surface area contributed by atoms with Gasteiger partial charge in [0.25, 0.3) is 0 Å². The first kappa shape index (κ1) is 18.4. The molecular weight excluding hydrogens is 368 g/mol. The Bertz CT molecular complexity index is 1200. The normalized spacial score (nSPS) is 16.0. The van der Waals surface area contributed by atoms with Crippen molar-refractivity contribution >= 4 is 22.5 Å². The van der Waals surface area contributed by atoms with Crippen LogP contribution >= 0.6 is 0 Å². The van der Waals surface area contributed by atoms with E-state index in [1.807, 2.05) is 54.6 Å². The van der Waals surface area contributed by atoms with Gasteiger partial charge in [0.1, 0.15) is 5.76 Å². The highest BCUT2D eigenvalue weighted by molar-refractivity contribution is 5.99. The second-order valence-electron chi connectivity index (χ2n) is 7.76. The molecule has 0 aromatic heterocycles. The Balaban J connectivity index is 1.65. The first-order valence-electron chi connectivity index (χ1n) is 10.2. The molecule has 0 N–H and O–H groups in total. The van der Waals surface area contributed by atoms with Gasteiger partial charge in [-0.15, -0.1) is 0 Å². The van der Waals surface area contributed by atoms with Gasteiger partial charge in [-0.3, -0.25) is 4.79 Å². The molecule has 146 valence electrons. The van der Waals surface area contributed by atoms with Crippen LogP contribution in [0, 0.1) is 12.8 Å². The van der Waals surface area contributed by atoms with Crippen molar-refractivity contribution in [2.75, 3.05) is 0 Å². The zero-order chi connectivity index (χ0) is 20.5. The third kappa shape index (κ3) is 3.21. The van der Waals surface area contributed by atoms with E-state index < -0.39 is 0 Å². The van der Waals surface area contributed by atoms with Gasteiger partial charge in [0.15, 0.2) is 0 Å². The van der Waals surface area contributed by atoms with Crippen molar-refractivity contribution < 1.29 is 9.53 Å². The first-order chi connectivity index (χ1) is 14.7. The van der Waals surface area contributed by atoms with Gasteiger partial charge in [-0.2, -0.15) is 0 Å². The van der Waals surface area contributed by atoms with Crippen LogP contribution in [0.4, 0.5) is 0 Å². The van der Waals surface area contributed by atoms with Gasteiger partial charge in [-0.05, 0) is 40.5 Å². The van der Waals surface area contributed by atoms with E-state index in [1.54, 1.807) is 0 Å². The van der Waals surface area contributed by atoms with Crippen molar-refractivity contribution in [1.82, 2.24) is 0 Å². The molecule has 30 heavy (non-hydrogen) atoms. The summed E-state index contributed by atoms with van der Waals surface area (Å²) >= 11 is 0. The van der Waals surface area contributed by atoms with Gasteiger partial charge in [0, 0.05) is 11.5 Å². The van der Waals surface area contributed by atoms with Crippen LogP contribution in [0.15, 0.2) is 103 Å². The smallest absolute Gasteiger partial charge is 0.319 e. The van der Waals surface area contributed by atoms with Crippen molar-refractivity contribution in [3.8, 4) is 0 Å². The van der Waals surface area contributed by atoms with Crippen molar-refractivity contribution in [2.24, 2.45) is 5.92 Å². The lowest BCUT2D eigenvalue weighted by molar-refractivity contribution is -0.138. The Hall–Kier alpha value is -3.65.